The summed E-state index contributed by atoms with van der Waals surface area (Å²) in [6.07, 6.45) is 6.95. The molecule has 28 heavy (non-hydrogen) atoms. The molecule has 0 aromatic carbocycles. The summed E-state index contributed by atoms with van der Waals surface area (Å²) >= 11 is 0. The van der Waals surface area contributed by atoms with E-state index in [-0.39, 0.29) is 0 Å². The lowest BCUT2D eigenvalue weighted by atomic mass is 9.95. The van der Waals surface area contributed by atoms with Crippen molar-refractivity contribution in [2.24, 2.45) is 11.8 Å². The number of carbonyl (C=O) groups excluding carboxylic acids is 2. The normalized spacial score (nSPS) is 19.5. The van der Waals surface area contributed by atoms with E-state index in [4.69, 9.17) is 18.9 Å². The van der Waals surface area contributed by atoms with Gasteiger partial charge in [0, 0.05) is 0 Å². The Morgan fingerprint density at radius 2 is 1.11 bits per heavy atom. The molecule has 1 rings (SSSR count). The van der Waals surface area contributed by atoms with Gasteiger partial charge < -0.3 is 18.9 Å². The number of hydrogen-bond acceptors (Lipinski definition) is 6. The van der Waals surface area contributed by atoms with Gasteiger partial charge in [0.25, 0.3) is 0 Å². The van der Waals surface area contributed by atoms with Crippen molar-refractivity contribution >= 4 is 12.3 Å². The van der Waals surface area contributed by atoms with Gasteiger partial charge in [-0.2, -0.15) is 0 Å². The summed E-state index contributed by atoms with van der Waals surface area (Å²) in [7, 11) is 0. The molecule has 0 heterocycles. The molecule has 0 saturated heterocycles. The SMILES string of the molecule is CC(C)CCCCOC(=O)OC1CCCCC1OC(=O)OCCCCC(C)C. The fourth-order valence-electron chi connectivity index (χ4n) is 3.27. The Labute approximate surface area is 170 Å². The van der Waals surface area contributed by atoms with Gasteiger partial charge in [-0.3, -0.25) is 0 Å². The minimum atomic E-state index is -0.674. The van der Waals surface area contributed by atoms with Crippen molar-refractivity contribution in [3.8, 4) is 0 Å². The molecule has 2 atom stereocenters. The minimum absolute atomic E-state index is 0.363. The summed E-state index contributed by atoms with van der Waals surface area (Å²) < 4.78 is 21.1. The Kier molecular flexibility index (Phi) is 12.8. The third-order valence-electron chi connectivity index (χ3n) is 4.93. The van der Waals surface area contributed by atoms with Gasteiger partial charge in [0.05, 0.1) is 13.2 Å². The van der Waals surface area contributed by atoms with Gasteiger partial charge in [-0.25, -0.2) is 9.59 Å². The van der Waals surface area contributed by atoms with Crippen molar-refractivity contribution in [1.82, 2.24) is 0 Å². The molecule has 0 spiro atoms. The Balaban J connectivity index is 2.24. The first kappa shape index (κ1) is 24.6. The van der Waals surface area contributed by atoms with Crippen LogP contribution in [0, 0.1) is 11.8 Å². The van der Waals surface area contributed by atoms with Crippen molar-refractivity contribution < 1.29 is 28.5 Å². The van der Waals surface area contributed by atoms with Crippen LogP contribution in [0.1, 0.15) is 91.9 Å². The fourth-order valence-corrected chi connectivity index (χ4v) is 3.27. The highest BCUT2D eigenvalue weighted by molar-refractivity contribution is 5.61. The Morgan fingerprint density at radius 1 is 0.714 bits per heavy atom. The van der Waals surface area contributed by atoms with Crippen molar-refractivity contribution in [2.45, 2.75) is 104 Å². The van der Waals surface area contributed by atoms with Crippen LogP contribution in [0.4, 0.5) is 9.59 Å². The van der Waals surface area contributed by atoms with Gasteiger partial charge in [-0.1, -0.05) is 40.5 Å². The van der Waals surface area contributed by atoms with E-state index in [2.05, 4.69) is 27.7 Å². The van der Waals surface area contributed by atoms with Gasteiger partial charge in [-0.15, -0.1) is 0 Å². The molecule has 6 nitrogen and oxygen atoms in total. The Hall–Kier alpha value is -1.46. The lowest BCUT2D eigenvalue weighted by Gasteiger charge is -2.29. The second-order valence-corrected chi connectivity index (χ2v) is 8.57. The monoisotopic (exact) mass is 400 g/mol. The second-order valence-electron chi connectivity index (χ2n) is 8.57. The molecule has 1 saturated carbocycles. The molecule has 1 aliphatic carbocycles. The smallest absolute Gasteiger partial charge is 0.434 e. The molecule has 0 N–H and O–H groups in total. The molecule has 1 aliphatic rings. The number of ether oxygens (including phenoxy) is 4. The average Bonchev–Trinajstić information content (AvgIpc) is 2.62. The molecule has 0 radical (unpaired) electrons. The van der Waals surface area contributed by atoms with E-state index < -0.39 is 24.5 Å². The van der Waals surface area contributed by atoms with E-state index in [1.54, 1.807) is 0 Å². The van der Waals surface area contributed by atoms with E-state index in [0.29, 0.717) is 37.9 Å². The standard InChI is InChI=1S/C22H40O6/c1-17(2)11-7-9-15-25-21(23)27-19-13-5-6-14-20(19)28-22(24)26-16-10-8-12-18(3)4/h17-20H,5-16H2,1-4H3. The zero-order valence-corrected chi connectivity index (χ0v) is 18.2. The highest BCUT2D eigenvalue weighted by atomic mass is 16.8. The molecule has 0 amide bonds. The lowest BCUT2D eigenvalue weighted by molar-refractivity contribution is -0.0713. The molecular weight excluding hydrogens is 360 g/mol. The first-order valence-electron chi connectivity index (χ1n) is 11.0. The molecular formula is C22H40O6. The summed E-state index contributed by atoms with van der Waals surface area (Å²) in [6, 6.07) is 0. The maximum absolute atomic E-state index is 11.9. The van der Waals surface area contributed by atoms with Gasteiger partial charge in [0.2, 0.25) is 0 Å². The van der Waals surface area contributed by atoms with Crippen molar-refractivity contribution in [2.75, 3.05) is 13.2 Å². The predicted molar refractivity (Wildman–Crippen MR) is 108 cm³/mol. The van der Waals surface area contributed by atoms with Gasteiger partial charge in [0.15, 0.2) is 0 Å². The third-order valence-corrected chi connectivity index (χ3v) is 4.93. The van der Waals surface area contributed by atoms with Gasteiger partial charge in [-0.05, 0) is 63.2 Å². The fraction of sp³-hybridized carbons (Fsp3) is 0.909. The Morgan fingerprint density at radius 3 is 1.46 bits per heavy atom. The summed E-state index contributed by atoms with van der Waals surface area (Å²) in [5, 5.41) is 0. The zero-order chi connectivity index (χ0) is 20.8. The van der Waals surface area contributed by atoms with Crippen LogP contribution in [0.3, 0.4) is 0 Å². The summed E-state index contributed by atoms with van der Waals surface area (Å²) in [6.45, 7) is 9.43. The summed E-state index contributed by atoms with van der Waals surface area (Å²) in [5.41, 5.74) is 0. The van der Waals surface area contributed by atoms with Crippen LogP contribution in [0.15, 0.2) is 0 Å². The van der Waals surface area contributed by atoms with Crippen LogP contribution < -0.4 is 0 Å². The second kappa shape index (κ2) is 14.5. The average molecular weight is 401 g/mol. The van der Waals surface area contributed by atoms with E-state index >= 15 is 0 Å². The third kappa shape index (κ3) is 12.1. The maximum atomic E-state index is 11.9. The summed E-state index contributed by atoms with van der Waals surface area (Å²) in [4.78, 5) is 23.8. The highest BCUT2D eigenvalue weighted by Gasteiger charge is 2.32. The number of unbranched alkanes of at least 4 members (excludes halogenated alkanes) is 2. The molecule has 164 valence electrons. The van der Waals surface area contributed by atoms with Crippen LogP contribution in [-0.4, -0.2) is 37.7 Å². The van der Waals surface area contributed by atoms with Gasteiger partial charge >= 0.3 is 12.3 Å². The van der Waals surface area contributed by atoms with E-state index in [9.17, 15) is 9.59 Å². The number of carbonyl (C=O) groups is 2. The molecule has 0 bridgehead atoms. The zero-order valence-electron chi connectivity index (χ0n) is 18.2. The molecule has 2 unspecified atom stereocenters. The van der Waals surface area contributed by atoms with Crippen LogP contribution in [-0.2, 0) is 18.9 Å². The largest absolute Gasteiger partial charge is 0.508 e. The molecule has 1 fully saturated rings. The first-order valence-corrected chi connectivity index (χ1v) is 11.0. The van der Waals surface area contributed by atoms with Crippen molar-refractivity contribution in [3.05, 3.63) is 0 Å². The highest BCUT2D eigenvalue weighted by Crippen LogP contribution is 2.25. The van der Waals surface area contributed by atoms with Crippen molar-refractivity contribution in [1.29, 1.82) is 0 Å². The number of rotatable bonds is 12. The molecule has 0 aromatic rings. The van der Waals surface area contributed by atoms with Crippen LogP contribution in [0.2, 0.25) is 0 Å². The number of hydrogen-bond donors (Lipinski definition) is 0. The lowest BCUT2D eigenvalue weighted by Crippen LogP contribution is -2.38. The van der Waals surface area contributed by atoms with Crippen LogP contribution in [0.25, 0.3) is 0 Å². The molecule has 0 aromatic heterocycles. The topological polar surface area (TPSA) is 71.1 Å². The van der Waals surface area contributed by atoms with E-state index in [1.165, 1.54) is 0 Å². The van der Waals surface area contributed by atoms with Crippen LogP contribution in [0.5, 0.6) is 0 Å². The quantitative estimate of drug-likeness (QED) is 0.284. The van der Waals surface area contributed by atoms with Crippen LogP contribution >= 0.6 is 0 Å². The van der Waals surface area contributed by atoms with E-state index in [0.717, 1.165) is 51.4 Å². The maximum Gasteiger partial charge on any atom is 0.508 e. The van der Waals surface area contributed by atoms with Crippen molar-refractivity contribution in [3.63, 3.8) is 0 Å². The molecule has 0 aliphatic heterocycles. The van der Waals surface area contributed by atoms with E-state index in [1.807, 2.05) is 0 Å². The predicted octanol–water partition coefficient (Wildman–Crippen LogP) is 6.26. The first-order chi connectivity index (χ1) is 13.4. The molecule has 6 heteroatoms. The summed E-state index contributed by atoms with van der Waals surface area (Å²) in [5.74, 6) is 1.31. The minimum Gasteiger partial charge on any atom is -0.434 e. The Bertz CT molecular complexity index is 395. The van der Waals surface area contributed by atoms with Gasteiger partial charge in [0.1, 0.15) is 12.2 Å².